The quantitative estimate of drug-likeness (QED) is 0.872. The second-order valence-electron chi connectivity index (χ2n) is 5.44. The predicted octanol–water partition coefficient (Wildman–Crippen LogP) is 2.73. The summed E-state index contributed by atoms with van der Waals surface area (Å²) in [5, 5.41) is 9.15. The van der Waals surface area contributed by atoms with Crippen molar-refractivity contribution in [1.29, 1.82) is 0 Å². The number of hydrogen-bond donors (Lipinski definition) is 1. The van der Waals surface area contributed by atoms with Crippen molar-refractivity contribution in [3.63, 3.8) is 0 Å². The van der Waals surface area contributed by atoms with Gasteiger partial charge in [-0.1, -0.05) is 6.92 Å². The Morgan fingerprint density at radius 2 is 2.10 bits per heavy atom. The lowest BCUT2D eigenvalue weighted by atomic mass is 9.90. The number of amides is 1. The van der Waals surface area contributed by atoms with Crippen LogP contribution < -0.4 is 0 Å². The van der Waals surface area contributed by atoms with Crippen LogP contribution in [0.2, 0.25) is 0 Å². The molecule has 0 radical (unpaired) electrons. The first-order valence-electron chi connectivity index (χ1n) is 6.78. The van der Waals surface area contributed by atoms with E-state index < -0.39 is 11.9 Å². The molecule has 21 heavy (non-hydrogen) atoms. The summed E-state index contributed by atoms with van der Waals surface area (Å²) < 4.78 is 13.5. The molecular formula is C15H18FNO3S. The summed E-state index contributed by atoms with van der Waals surface area (Å²) in [6.45, 7) is 2.69. The monoisotopic (exact) mass is 311 g/mol. The van der Waals surface area contributed by atoms with E-state index in [-0.39, 0.29) is 24.2 Å². The summed E-state index contributed by atoms with van der Waals surface area (Å²) in [4.78, 5) is 25.6. The molecule has 1 aliphatic heterocycles. The summed E-state index contributed by atoms with van der Waals surface area (Å²) in [6, 6.07) is 4.25. The van der Waals surface area contributed by atoms with Gasteiger partial charge in [0, 0.05) is 23.5 Å². The van der Waals surface area contributed by atoms with Crippen LogP contribution in [0.3, 0.4) is 0 Å². The fraction of sp³-hybridized carbons (Fsp3) is 0.467. The van der Waals surface area contributed by atoms with Gasteiger partial charge in [-0.25, -0.2) is 4.39 Å². The number of carbonyl (C=O) groups excluding carboxylic acids is 1. The minimum atomic E-state index is -0.872. The van der Waals surface area contributed by atoms with Crippen LogP contribution in [0.4, 0.5) is 4.39 Å². The number of rotatable bonds is 3. The number of carbonyl (C=O) groups is 2. The highest BCUT2D eigenvalue weighted by Crippen LogP contribution is 2.25. The molecule has 1 fully saturated rings. The Labute approximate surface area is 127 Å². The van der Waals surface area contributed by atoms with Crippen LogP contribution in [-0.2, 0) is 4.79 Å². The first-order valence-corrected chi connectivity index (χ1v) is 8.00. The number of benzene rings is 1. The van der Waals surface area contributed by atoms with Crippen LogP contribution in [0.1, 0.15) is 23.7 Å². The van der Waals surface area contributed by atoms with Crippen LogP contribution >= 0.6 is 11.8 Å². The molecule has 1 aromatic rings. The summed E-state index contributed by atoms with van der Waals surface area (Å²) in [7, 11) is 0. The zero-order chi connectivity index (χ0) is 15.6. The van der Waals surface area contributed by atoms with Gasteiger partial charge in [0.1, 0.15) is 5.82 Å². The highest BCUT2D eigenvalue weighted by Gasteiger charge is 2.32. The molecule has 0 bridgehead atoms. The number of carboxylic acids is 1. The van der Waals surface area contributed by atoms with Gasteiger partial charge in [0.05, 0.1) is 5.92 Å². The van der Waals surface area contributed by atoms with Gasteiger partial charge in [0.15, 0.2) is 0 Å². The summed E-state index contributed by atoms with van der Waals surface area (Å²) in [6.07, 6.45) is 2.33. The van der Waals surface area contributed by atoms with Crippen molar-refractivity contribution in [3.05, 3.63) is 29.6 Å². The molecule has 1 heterocycles. The molecule has 1 amide bonds. The summed E-state index contributed by atoms with van der Waals surface area (Å²) in [5.74, 6) is -1.84. The zero-order valence-corrected chi connectivity index (χ0v) is 12.8. The van der Waals surface area contributed by atoms with E-state index in [1.807, 2.05) is 6.92 Å². The van der Waals surface area contributed by atoms with E-state index in [2.05, 4.69) is 0 Å². The SMILES string of the molecule is CSc1cc(C(=O)N2CC(C)CC(C(=O)O)C2)ccc1F. The molecule has 0 aromatic heterocycles. The largest absolute Gasteiger partial charge is 0.481 e. The number of thioether (sulfide) groups is 1. The molecule has 114 valence electrons. The van der Waals surface area contributed by atoms with Gasteiger partial charge >= 0.3 is 5.97 Å². The highest BCUT2D eigenvalue weighted by atomic mass is 32.2. The number of aliphatic carboxylic acids is 1. The van der Waals surface area contributed by atoms with Gasteiger partial charge in [-0.3, -0.25) is 9.59 Å². The fourth-order valence-corrected chi connectivity index (χ4v) is 3.18. The fourth-order valence-electron chi connectivity index (χ4n) is 2.67. The second-order valence-corrected chi connectivity index (χ2v) is 6.28. The first kappa shape index (κ1) is 15.8. The Hall–Kier alpha value is -1.56. The van der Waals surface area contributed by atoms with Crippen molar-refractivity contribution in [1.82, 2.24) is 4.90 Å². The average Bonchev–Trinajstić information content (AvgIpc) is 2.46. The minimum absolute atomic E-state index is 0.143. The van der Waals surface area contributed by atoms with Crippen LogP contribution in [-0.4, -0.2) is 41.2 Å². The Kier molecular flexibility index (Phi) is 4.88. The molecule has 4 nitrogen and oxygen atoms in total. The summed E-state index contributed by atoms with van der Waals surface area (Å²) >= 11 is 1.24. The maximum absolute atomic E-state index is 13.5. The van der Waals surface area contributed by atoms with Crippen molar-refractivity contribution >= 4 is 23.6 Å². The lowest BCUT2D eigenvalue weighted by Gasteiger charge is -2.34. The Morgan fingerprint density at radius 3 is 2.71 bits per heavy atom. The lowest BCUT2D eigenvalue weighted by Crippen LogP contribution is -2.45. The molecule has 6 heteroatoms. The van der Waals surface area contributed by atoms with Crippen LogP contribution in [0.25, 0.3) is 0 Å². The molecule has 2 unspecified atom stereocenters. The molecule has 2 atom stereocenters. The maximum atomic E-state index is 13.5. The topological polar surface area (TPSA) is 57.6 Å². The molecule has 1 aromatic carbocycles. The Morgan fingerprint density at radius 1 is 1.38 bits per heavy atom. The lowest BCUT2D eigenvalue weighted by molar-refractivity contribution is -0.143. The van der Waals surface area contributed by atoms with Crippen LogP contribution in [0.5, 0.6) is 0 Å². The Balaban J connectivity index is 2.20. The van der Waals surface area contributed by atoms with Crippen molar-refractivity contribution in [2.75, 3.05) is 19.3 Å². The van der Waals surface area contributed by atoms with Gasteiger partial charge in [-0.2, -0.15) is 0 Å². The molecule has 0 spiro atoms. The smallest absolute Gasteiger partial charge is 0.308 e. The second kappa shape index (κ2) is 6.47. The van der Waals surface area contributed by atoms with Gasteiger partial charge in [-0.05, 0) is 36.8 Å². The number of hydrogen-bond acceptors (Lipinski definition) is 3. The molecule has 1 aliphatic rings. The van der Waals surface area contributed by atoms with E-state index in [1.54, 1.807) is 11.2 Å². The van der Waals surface area contributed by atoms with E-state index in [1.165, 1.54) is 30.0 Å². The van der Waals surface area contributed by atoms with E-state index in [0.29, 0.717) is 23.4 Å². The van der Waals surface area contributed by atoms with Gasteiger partial charge in [-0.15, -0.1) is 11.8 Å². The molecule has 1 saturated heterocycles. The van der Waals surface area contributed by atoms with E-state index in [4.69, 9.17) is 5.11 Å². The third-order valence-electron chi connectivity index (χ3n) is 3.69. The first-order chi connectivity index (χ1) is 9.92. The molecular weight excluding hydrogens is 293 g/mol. The van der Waals surface area contributed by atoms with Crippen LogP contribution in [0.15, 0.2) is 23.1 Å². The van der Waals surface area contributed by atoms with Crippen molar-refractivity contribution in [3.8, 4) is 0 Å². The van der Waals surface area contributed by atoms with E-state index in [0.717, 1.165) is 0 Å². The van der Waals surface area contributed by atoms with E-state index in [9.17, 15) is 14.0 Å². The maximum Gasteiger partial charge on any atom is 0.308 e. The van der Waals surface area contributed by atoms with Crippen molar-refractivity contribution < 1.29 is 19.1 Å². The number of piperidine rings is 1. The van der Waals surface area contributed by atoms with E-state index >= 15 is 0 Å². The average molecular weight is 311 g/mol. The third kappa shape index (κ3) is 3.56. The zero-order valence-electron chi connectivity index (χ0n) is 12.0. The number of halogens is 1. The number of nitrogens with zero attached hydrogens (tertiary/aromatic N) is 1. The molecule has 0 saturated carbocycles. The Bertz CT molecular complexity index is 564. The molecule has 1 N–H and O–H groups in total. The standard InChI is InChI=1S/C15H18FNO3S/c1-9-5-11(15(19)20)8-17(7-9)14(18)10-3-4-12(16)13(6-10)21-2/h3-4,6,9,11H,5,7-8H2,1-2H3,(H,19,20). The molecule has 2 rings (SSSR count). The number of carboxylic acid groups (broad SMARTS) is 1. The van der Waals surface area contributed by atoms with Gasteiger partial charge in [0.25, 0.3) is 5.91 Å². The predicted molar refractivity (Wildman–Crippen MR) is 79.0 cm³/mol. The van der Waals surface area contributed by atoms with Crippen molar-refractivity contribution in [2.24, 2.45) is 11.8 Å². The van der Waals surface area contributed by atoms with Gasteiger partial charge in [0.2, 0.25) is 0 Å². The highest BCUT2D eigenvalue weighted by molar-refractivity contribution is 7.98. The number of likely N-dealkylation sites (tertiary alicyclic amines) is 1. The summed E-state index contributed by atoms with van der Waals surface area (Å²) in [5.41, 5.74) is 0.402. The van der Waals surface area contributed by atoms with Crippen molar-refractivity contribution in [2.45, 2.75) is 18.2 Å². The molecule has 0 aliphatic carbocycles. The van der Waals surface area contributed by atoms with Crippen LogP contribution in [0, 0.1) is 17.7 Å². The third-order valence-corrected chi connectivity index (χ3v) is 4.45. The van der Waals surface area contributed by atoms with Gasteiger partial charge < -0.3 is 10.0 Å². The minimum Gasteiger partial charge on any atom is -0.481 e. The normalized spacial score (nSPS) is 22.1.